The van der Waals surface area contributed by atoms with Gasteiger partial charge in [0, 0.05) is 38.8 Å². The Morgan fingerprint density at radius 1 is 1.05 bits per heavy atom. The van der Waals surface area contributed by atoms with Gasteiger partial charge >= 0.3 is 0 Å². The molecule has 3 aliphatic heterocycles. The van der Waals surface area contributed by atoms with Crippen LogP contribution in [0.3, 0.4) is 0 Å². The minimum atomic E-state index is -0.124. The van der Waals surface area contributed by atoms with E-state index >= 15 is 0 Å². The fourth-order valence-electron chi connectivity index (χ4n) is 3.54. The Labute approximate surface area is 126 Å². The van der Waals surface area contributed by atoms with Crippen molar-refractivity contribution < 1.29 is 14.3 Å². The molecule has 3 fully saturated rings. The quantitative estimate of drug-likeness (QED) is 0.763. The second-order valence-electron chi connectivity index (χ2n) is 6.49. The van der Waals surface area contributed by atoms with Gasteiger partial charge in [-0.1, -0.05) is 0 Å². The third-order valence-electron chi connectivity index (χ3n) is 4.99. The van der Waals surface area contributed by atoms with Gasteiger partial charge in [-0.2, -0.15) is 0 Å². The predicted molar refractivity (Wildman–Crippen MR) is 78.8 cm³/mol. The number of hydrogen-bond donors (Lipinski definition) is 1. The van der Waals surface area contributed by atoms with Crippen molar-refractivity contribution >= 4 is 5.91 Å². The highest BCUT2D eigenvalue weighted by atomic mass is 16.5. The van der Waals surface area contributed by atoms with E-state index in [1.165, 1.54) is 0 Å². The number of hydrogen-bond acceptors (Lipinski definition) is 5. The number of ether oxygens (including phenoxy) is 2. The molecule has 2 N–H and O–H groups in total. The van der Waals surface area contributed by atoms with Crippen LogP contribution in [-0.4, -0.2) is 80.9 Å². The number of likely N-dealkylation sites (tertiary alicyclic amines) is 1. The van der Waals surface area contributed by atoms with Crippen LogP contribution in [0.4, 0.5) is 0 Å². The standard InChI is InChI=1S/C15H27N3O3/c16-14-11-21-10-13(14)15(19)18-3-1-12(2-4-18)9-17-5-7-20-8-6-17/h12-14H,1-11,16H2. The maximum Gasteiger partial charge on any atom is 0.229 e. The van der Waals surface area contributed by atoms with Gasteiger partial charge in [0.25, 0.3) is 0 Å². The molecule has 0 saturated carbocycles. The van der Waals surface area contributed by atoms with Gasteiger partial charge in [0.05, 0.1) is 32.3 Å². The topological polar surface area (TPSA) is 68.0 Å². The van der Waals surface area contributed by atoms with Crippen LogP contribution >= 0.6 is 0 Å². The Balaban J connectivity index is 1.43. The zero-order chi connectivity index (χ0) is 14.7. The first-order valence-electron chi connectivity index (χ1n) is 8.16. The number of piperidine rings is 1. The highest BCUT2D eigenvalue weighted by Crippen LogP contribution is 2.22. The fraction of sp³-hybridized carbons (Fsp3) is 0.933. The predicted octanol–water partition coefficient (Wildman–Crippen LogP) is -0.469. The van der Waals surface area contributed by atoms with E-state index in [2.05, 4.69) is 4.90 Å². The molecule has 21 heavy (non-hydrogen) atoms. The fourth-order valence-corrected chi connectivity index (χ4v) is 3.54. The Bertz CT molecular complexity index is 352. The first-order valence-corrected chi connectivity index (χ1v) is 8.16. The van der Waals surface area contributed by atoms with Crippen molar-refractivity contribution in [2.45, 2.75) is 18.9 Å². The number of nitrogens with zero attached hydrogens (tertiary/aromatic N) is 2. The Morgan fingerprint density at radius 2 is 1.76 bits per heavy atom. The van der Waals surface area contributed by atoms with Crippen LogP contribution in [0.25, 0.3) is 0 Å². The van der Waals surface area contributed by atoms with Gasteiger partial charge in [0.2, 0.25) is 5.91 Å². The molecule has 0 aromatic rings. The van der Waals surface area contributed by atoms with E-state index in [0.29, 0.717) is 19.1 Å². The molecule has 6 heteroatoms. The van der Waals surface area contributed by atoms with Crippen molar-refractivity contribution in [2.24, 2.45) is 17.6 Å². The van der Waals surface area contributed by atoms with E-state index in [4.69, 9.17) is 15.2 Å². The molecule has 2 atom stereocenters. The van der Waals surface area contributed by atoms with Crippen molar-refractivity contribution in [3.05, 3.63) is 0 Å². The van der Waals surface area contributed by atoms with Gasteiger partial charge in [-0.3, -0.25) is 9.69 Å². The summed E-state index contributed by atoms with van der Waals surface area (Å²) >= 11 is 0. The number of carbonyl (C=O) groups is 1. The van der Waals surface area contributed by atoms with Gasteiger partial charge in [0.15, 0.2) is 0 Å². The van der Waals surface area contributed by atoms with Crippen LogP contribution in [0.5, 0.6) is 0 Å². The minimum absolute atomic E-state index is 0.122. The van der Waals surface area contributed by atoms with E-state index in [1.54, 1.807) is 0 Å². The molecule has 0 aromatic carbocycles. The lowest BCUT2D eigenvalue weighted by Crippen LogP contribution is -2.48. The lowest BCUT2D eigenvalue weighted by Gasteiger charge is -2.37. The lowest BCUT2D eigenvalue weighted by molar-refractivity contribution is -0.137. The molecule has 1 amide bonds. The van der Waals surface area contributed by atoms with E-state index in [1.807, 2.05) is 4.90 Å². The van der Waals surface area contributed by atoms with Crippen LogP contribution < -0.4 is 5.73 Å². The summed E-state index contributed by atoms with van der Waals surface area (Å²) in [7, 11) is 0. The van der Waals surface area contributed by atoms with Crippen molar-refractivity contribution in [3.8, 4) is 0 Å². The van der Waals surface area contributed by atoms with Gasteiger partial charge in [0.1, 0.15) is 0 Å². The normalized spacial score (nSPS) is 32.5. The summed E-state index contributed by atoms with van der Waals surface area (Å²) in [5, 5.41) is 0. The highest BCUT2D eigenvalue weighted by Gasteiger charge is 2.35. The molecule has 3 rings (SSSR count). The molecule has 3 heterocycles. The first-order chi connectivity index (χ1) is 10.2. The van der Waals surface area contributed by atoms with Crippen molar-refractivity contribution in [2.75, 3.05) is 59.2 Å². The van der Waals surface area contributed by atoms with E-state index in [9.17, 15) is 4.79 Å². The first kappa shape index (κ1) is 15.2. The maximum absolute atomic E-state index is 12.4. The molecule has 6 nitrogen and oxygen atoms in total. The van der Waals surface area contributed by atoms with Crippen LogP contribution in [0, 0.1) is 11.8 Å². The van der Waals surface area contributed by atoms with Gasteiger partial charge in [-0.15, -0.1) is 0 Å². The SMILES string of the molecule is NC1COCC1C(=O)N1CCC(CN2CCOCC2)CC1. The van der Waals surface area contributed by atoms with E-state index < -0.39 is 0 Å². The molecule has 2 unspecified atom stereocenters. The van der Waals surface area contributed by atoms with Crippen LogP contribution in [0.2, 0.25) is 0 Å². The molecule has 0 spiro atoms. The zero-order valence-corrected chi connectivity index (χ0v) is 12.7. The molecular formula is C15H27N3O3. The Kier molecular flexibility index (Phi) is 5.11. The lowest BCUT2D eigenvalue weighted by atomic mass is 9.94. The monoisotopic (exact) mass is 297 g/mol. The Hall–Kier alpha value is -0.690. The van der Waals surface area contributed by atoms with Gasteiger partial charge in [-0.05, 0) is 18.8 Å². The number of rotatable bonds is 3. The molecule has 3 aliphatic rings. The smallest absolute Gasteiger partial charge is 0.229 e. The van der Waals surface area contributed by atoms with Crippen molar-refractivity contribution in [3.63, 3.8) is 0 Å². The molecule has 0 radical (unpaired) electrons. The number of nitrogens with two attached hydrogens (primary N) is 1. The molecule has 0 aromatic heterocycles. The van der Waals surface area contributed by atoms with E-state index in [0.717, 1.165) is 58.8 Å². The van der Waals surface area contributed by atoms with Crippen LogP contribution in [0.1, 0.15) is 12.8 Å². The Morgan fingerprint density at radius 3 is 2.38 bits per heavy atom. The summed E-state index contributed by atoms with van der Waals surface area (Å²) < 4.78 is 10.7. The summed E-state index contributed by atoms with van der Waals surface area (Å²) in [5.74, 6) is 0.784. The van der Waals surface area contributed by atoms with Crippen LogP contribution in [0.15, 0.2) is 0 Å². The average Bonchev–Trinajstić information content (AvgIpc) is 2.94. The maximum atomic E-state index is 12.4. The number of carbonyl (C=O) groups excluding carboxylic acids is 1. The average molecular weight is 297 g/mol. The molecule has 3 saturated heterocycles. The summed E-state index contributed by atoms with van der Waals surface area (Å²) in [6, 6.07) is -0.122. The minimum Gasteiger partial charge on any atom is -0.379 e. The highest BCUT2D eigenvalue weighted by molar-refractivity contribution is 5.80. The van der Waals surface area contributed by atoms with Gasteiger partial charge < -0.3 is 20.1 Å². The number of morpholine rings is 1. The number of amides is 1. The summed E-state index contributed by atoms with van der Waals surface area (Å²) in [6.07, 6.45) is 2.21. The third kappa shape index (κ3) is 3.74. The largest absolute Gasteiger partial charge is 0.379 e. The third-order valence-corrected chi connectivity index (χ3v) is 4.99. The summed E-state index contributed by atoms with van der Waals surface area (Å²) in [6.45, 7) is 7.72. The second kappa shape index (κ2) is 7.05. The van der Waals surface area contributed by atoms with Crippen molar-refractivity contribution in [1.29, 1.82) is 0 Å². The molecule has 0 aliphatic carbocycles. The zero-order valence-electron chi connectivity index (χ0n) is 12.7. The van der Waals surface area contributed by atoms with Crippen molar-refractivity contribution in [1.82, 2.24) is 9.80 Å². The summed E-state index contributed by atoms with van der Waals surface area (Å²) in [4.78, 5) is 16.9. The summed E-state index contributed by atoms with van der Waals surface area (Å²) in [5.41, 5.74) is 5.95. The molecular weight excluding hydrogens is 270 g/mol. The second-order valence-corrected chi connectivity index (χ2v) is 6.49. The molecule has 0 bridgehead atoms. The van der Waals surface area contributed by atoms with Crippen LogP contribution in [-0.2, 0) is 14.3 Å². The van der Waals surface area contributed by atoms with Gasteiger partial charge in [-0.25, -0.2) is 0 Å². The van der Waals surface area contributed by atoms with E-state index in [-0.39, 0.29) is 17.9 Å². The molecule has 120 valence electrons.